The molecule has 0 aliphatic heterocycles. The number of ether oxygens (including phenoxy) is 1. The van der Waals surface area contributed by atoms with Gasteiger partial charge in [-0.15, -0.1) is 11.3 Å². The van der Waals surface area contributed by atoms with Crippen LogP contribution in [0.25, 0.3) is 0 Å². The Hall–Kier alpha value is -2.38. The Morgan fingerprint density at radius 2 is 1.92 bits per heavy atom. The van der Waals surface area contributed by atoms with Crippen molar-refractivity contribution in [3.05, 3.63) is 45.1 Å². The SMILES string of the molecule is CNC(=O)c1ccc(OC)c(NC(=O)CCC(=O)c2ccc(Cl)s2)c1. The van der Waals surface area contributed by atoms with Crippen molar-refractivity contribution in [3.8, 4) is 5.75 Å². The lowest BCUT2D eigenvalue weighted by Gasteiger charge is -2.11. The average molecular weight is 381 g/mol. The molecule has 0 unspecified atom stereocenters. The van der Waals surface area contributed by atoms with Crippen LogP contribution in [0.4, 0.5) is 5.69 Å². The van der Waals surface area contributed by atoms with Gasteiger partial charge in [-0.1, -0.05) is 11.6 Å². The summed E-state index contributed by atoms with van der Waals surface area (Å²) in [5.74, 6) is -0.332. The Kier molecular flexibility index (Phi) is 6.55. The third-order valence-corrected chi connectivity index (χ3v) is 4.66. The van der Waals surface area contributed by atoms with E-state index in [9.17, 15) is 14.4 Å². The van der Waals surface area contributed by atoms with Gasteiger partial charge in [0.2, 0.25) is 5.91 Å². The molecular weight excluding hydrogens is 364 g/mol. The zero-order valence-corrected chi connectivity index (χ0v) is 15.3. The molecule has 0 saturated carbocycles. The van der Waals surface area contributed by atoms with Crippen molar-refractivity contribution in [3.63, 3.8) is 0 Å². The molecule has 6 nitrogen and oxygen atoms in total. The summed E-state index contributed by atoms with van der Waals surface area (Å²) in [5.41, 5.74) is 0.767. The molecular formula is C17H17ClN2O4S. The Balaban J connectivity index is 2.01. The first-order chi connectivity index (χ1) is 11.9. The van der Waals surface area contributed by atoms with Crippen LogP contribution in [-0.2, 0) is 4.79 Å². The van der Waals surface area contributed by atoms with Crippen LogP contribution in [0.15, 0.2) is 30.3 Å². The summed E-state index contributed by atoms with van der Waals surface area (Å²) >= 11 is 6.99. The fourth-order valence-corrected chi connectivity index (χ4v) is 3.13. The maximum Gasteiger partial charge on any atom is 0.251 e. The van der Waals surface area contributed by atoms with Gasteiger partial charge in [0.1, 0.15) is 5.75 Å². The summed E-state index contributed by atoms with van der Waals surface area (Å²) in [6.07, 6.45) is 0.0852. The Bertz CT molecular complexity index is 804. The number of anilines is 1. The zero-order chi connectivity index (χ0) is 18.4. The highest BCUT2D eigenvalue weighted by Crippen LogP contribution is 2.26. The lowest BCUT2D eigenvalue weighted by molar-refractivity contribution is -0.116. The van der Waals surface area contributed by atoms with E-state index in [1.54, 1.807) is 24.3 Å². The zero-order valence-electron chi connectivity index (χ0n) is 13.7. The number of halogens is 1. The Labute approximate surface area is 154 Å². The van der Waals surface area contributed by atoms with E-state index < -0.39 is 0 Å². The van der Waals surface area contributed by atoms with Crippen molar-refractivity contribution in [2.45, 2.75) is 12.8 Å². The summed E-state index contributed by atoms with van der Waals surface area (Å²) in [6, 6.07) is 8.00. The van der Waals surface area contributed by atoms with E-state index in [4.69, 9.17) is 16.3 Å². The maximum atomic E-state index is 12.1. The molecule has 0 radical (unpaired) electrons. The van der Waals surface area contributed by atoms with Gasteiger partial charge in [0.25, 0.3) is 5.91 Å². The molecule has 0 spiro atoms. The van der Waals surface area contributed by atoms with Crippen molar-refractivity contribution in [1.82, 2.24) is 5.32 Å². The van der Waals surface area contributed by atoms with E-state index in [0.29, 0.717) is 26.2 Å². The van der Waals surface area contributed by atoms with Crippen LogP contribution in [-0.4, -0.2) is 31.8 Å². The fourth-order valence-electron chi connectivity index (χ4n) is 2.12. The van der Waals surface area contributed by atoms with E-state index >= 15 is 0 Å². The number of Topliss-reactive ketones (excluding diaryl/α,β-unsaturated/α-hetero) is 1. The molecule has 0 saturated heterocycles. The minimum absolute atomic E-state index is 0.0156. The molecule has 1 heterocycles. The quantitative estimate of drug-likeness (QED) is 0.721. The van der Waals surface area contributed by atoms with Gasteiger partial charge in [0, 0.05) is 25.5 Å². The number of methoxy groups -OCH3 is 1. The molecule has 0 aliphatic rings. The number of rotatable bonds is 7. The summed E-state index contributed by atoms with van der Waals surface area (Å²) in [7, 11) is 2.99. The number of hydrogen-bond acceptors (Lipinski definition) is 5. The number of amides is 2. The largest absolute Gasteiger partial charge is 0.495 e. The van der Waals surface area contributed by atoms with Crippen LogP contribution >= 0.6 is 22.9 Å². The molecule has 2 rings (SSSR count). The molecule has 25 heavy (non-hydrogen) atoms. The van der Waals surface area contributed by atoms with Gasteiger partial charge in [0.05, 0.1) is 22.0 Å². The molecule has 0 fully saturated rings. The van der Waals surface area contributed by atoms with Gasteiger partial charge in [-0.3, -0.25) is 14.4 Å². The fraction of sp³-hybridized carbons (Fsp3) is 0.235. The van der Waals surface area contributed by atoms with E-state index in [1.165, 1.54) is 31.6 Å². The number of benzene rings is 1. The maximum absolute atomic E-state index is 12.1. The summed E-state index contributed by atoms with van der Waals surface area (Å²) in [5, 5.41) is 5.19. The van der Waals surface area contributed by atoms with Crippen LogP contribution in [0.2, 0.25) is 4.34 Å². The molecule has 0 bridgehead atoms. The first-order valence-electron chi connectivity index (χ1n) is 7.43. The molecule has 1 aromatic carbocycles. The summed E-state index contributed by atoms with van der Waals surface area (Å²) in [6.45, 7) is 0. The monoisotopic (exact) mass is 380 g/mol. The topological polar surface area (TPSA) is 84.5 Å². The number of carbonyl (C=O) groups is 3. The standard InChI is InChI=1S/C17H17ClN2O4S/c1-19-17(23)10-3-5-13(24-2)11(9-10)20-16(22)8-4-12(21)14-6-7-15(18)25-14/h3,5-7,9H,4,8H2,1-2H3,(H,19,23)(H,20,22). The molecule has 2 N–H and O–H groups in total. The lowest BCUT2D eigenvalue weighted by Crippen LogP contribution is -2.19. The van der Waals surface area contributed by atoms with Crippen LogP contribution in [0, 0.1) is 0 Å². The smallest absolute Gasteiger partial charge is 0.251 e. The molecule has 2 aromatic rings. The van der Waals surface area contributed by atoms with Crippen LogP contribution in [0.5, 0.6) is 5.75 Å². The van der Waals surface area contributed by atoms with Gasteiger partial charge < -0.3 is 15.4 Å². The third kappa shape index (κ3) is 5.04. The minimum Gasteiger partial charge on any atom is -0.495 e. The second kappa shape index (κ2) is 8.64. The minimum atomic E-state index is -0.344. The predicted molar refractivity (Wildman–Crippen MR) is 97.9 cm³/mol. The molecule has 2 amide bonds. The van der Waals surface area contributed by atoms with Crippen molar-refractivity contribution < 1.29 is 19.1 Å². The Morgan fingerprint density at radius 1 is 1.16 bits per heavy atom. The van der Waals surface area contributed by atoms with Crippen molar-refractivity contribution in [1.29, 1.82) is 0 Å². The second-order valence-electron chi connectivity index (χ2n) is 5.07. The second-order valence-corrected chi connectivity index (χ2v) is 6.78. The number of hydrogen-bond donors (Lipinski definition) is 2. The van der Waals surface area contributed by atoms with Crippen LogP contribution in [0.1, 0.15) is 32.9 Å². The van der Waals surface area contributed by atoms with Crippen LogP contribution < -0.4 is 15.4 Å². The lowest BCUT2D eigenvalue weighted by atomic mass is 10.1. The first-order valence-corrected chi connectivity index (χ1v) is 8.62. The number of ketones is 1. The van der Waals surface area contributed by atoms with Gasteiger partial charge >= 0.3 is 0 Å². The highest BCUT2D eigenvalue weighted by atomic mass is 35.5. The van der Waals surface area contributed by atoms with Crippen LogP contribution in [0.3, 0.4) is 0 Å². The highest BCUT2D eigenvalue weighted by molar-refractivity contribution is 7.18. The molecule has 8 heteroatoms. The normalized spacial score (nSPS) is 10.2. The molecule has 132 valence electrons. The van der Waals surface area contributed by atoms with Crippen molar-refractivity contribution >= 4 is 46.2 Å². The molecule has 0 atom stereocenters. The van der Waals surface area contributed by atoms with Crippen molar-refractivity contribution in [2.24, 2.45) is 0 Å². The Morgan fingerprint density at radius 3 is 2.52 bits per heavy atom. The molecule has 0 aliphatic carbocycles. The number of carbonyl (C=O) groups excluding carboxylic acids is 3. The highest BCUT2D eigenvalue weighted by Gasteiger charge is 2.14. The number of thiophene rings is 1. The first kappa shape index (κ1) is 19.0. The van der Waals surface area contributed by atoms with E-state index in [2.05, 4.69) is 10.6 Å². The third-order valence-electron chi connectivity index (χ3n) is 3.39. The van der Waals surface area contributed by atoms with Gasteiger partial charge in [0.15, 0.2) is 5.78 Å². The van der Waals surface area contributed by atoms with Gasteiger partial charge in [-0.2, -0.15) is 0 Å². The van der Waals surface area contributed by atoms with E-state index in [0.717, 1.165) is 0 Å². The van der Waals surface area contributed by atoms with Gasteiger partial charge in [-0.25, -0.2) is 0 Å². The van der Waals surface area contributed by atoms with E-state index in [-0.39, 0.29) is 30.4 Å². The summed E-state index contributed by atoms with van der Waals surface area (Å²) in [4.78, 5) is 36.4. The summed E-state index contributed by atoms with van der Waals surface area (Å²) < 4.78 is 5.72. The predicted octanol–water partition coefficient (Wildman–Crippen LogP) is 3.37. The number of nitrogens with one attached hydrogen (secondary N) is 2. The van der Waals surface area contributed by atoms with Crippen molar-refractivity contribution in [2.75, 3.05) is 19.5 Å². The molecule has 1 aromatic heterocycles. The van der Waals surface area contributed by atoms with E-state index in [1.807, 2.05) is 0 Å². The van der Waals surface area contributed by atoms with Gasteiger partial charge in [-0.05, 0) is 30.3 Å². The average Bonchev–Trinajstić information content (AvgIpc) is 3.05.